The lowest BCUT2D eigenvalue weighted by molar-refractivity contribution is 0.0627. The van der Waals surface area contributed by atoms with Crippen molar-refractivity contribution in [2.75, 3.05) is 45.8 Å². The molecule has 0 atom stereocenters. The third-order valence-corrected chi connectivity index (χ3v) is 6.82. The van der Waals surface area contributed by atoms with E-state index in [9.17, 15) is 18.4 Å². The Hall–Kier alpha value is -3.00. The van der Waals surface area contributed by atoms with Gasteiger partial charge in [0.05, 0.1) is 0 Å². The molecular weight excluding hydrogens is 474 g/mol. The molecule has 0 saturated carbocycles. The standard InChI is InChI=1S/C29H40F2N4O2/c1-2-3-4-5-6-7-16-32-29(37)35(23-24-8-12-26(30)13-9-24)22-19-33-17-20-34(21-18-33)28(36)25-10-14-27(31)15-11-25/h8-15H,2-7,16-23H2,1H3,(H,32,37). The van der Waals surface area contributed by atoms with E-state index < -0.39 is 0 Å². The lowest BCUT2D eigenvalue weighted by Gasteiger charge is -2.36. The highest BCUT2D eigenvalue weighted by molar-refractivity contribution is 5.94. The Morgan fingerprint density at radius 2 is 1.43 bits per heavy atom. The Labute approximate surface area is 219 Å². The lowest BCUT2D eigenvalue weighted by Crippen LogP contribution is -2.51. The van der Waals surface area contributed by atoms with Crippen LogP contribution in [-0.2, 0) is 6.54 Å². The number of nitrogens with zero attached hydrogens (tertiary/aromatic N) is 3. The third-order valence-electron chi connectivity index (χ3n) is 6.82. The summed E-state index contributed by atoms with van der Waals surface area (Å²) >= 11 is 0. The highest BCUT2D eigenvalue weighted by Crippen LogP contribution is 2.12. The number of carbonyl (C=O) groups is 2. The van der Waals surface area contributed by atoms with Gasteiger partial charge in [-0.2, -0.15) is 0 Å². The van der Waals surface area contributed by atoms with Crippen molar-refractivity contribution < 1.29 is 18.4 Å². The van der Waals surface area contributed by atoms with E-state index >= 15 is 0 Å². The maximum Gasteiger partial charge on any atom is 0.317 e. The molecule has 0 spiro atoms. The molecule has 8 heteroatoms. The molecule has 0 aliphatic carbocycles. The number of rotatable bonds is 13. The van der Waals surface area contributed by atoms with Crippen LogP contribution in [0.3, 0.4) is 0 Å². The quantitative estimate of drug-likeness (QED) is 0.370. The number of nitrogens with one attached hydrogen (secondary N) is 1. The number of benzene rings is 2. The first-order valence-electron chi connectivity index (χ1n) is 13.5. The van der Waals surface area contributed by atoms with E-state index in [-0.39, 0.29) is 23.6 Å². The number of unbranched alkanes of at least 4 members (excludes halogenated alkanes) is 5. The van der Waals surface area contributed by atoms with Gasteiger partial charge in [0.2, 0.25) is 0 Å². The van der Waals surface area contributed by atoms with Crippen LogP contribution >= 0.6 is 0 Å². The summed E-state index contributed by atoms with van der Waals surface area (Å²) in [6.07, 6.45) is 6.98. The Bertz CT molecular complexity index is 961. The largest absolute Gasteiger partial charge is 0.338 e. The van der Waals surface area contributed by atoms with Crippen LogP contribution in [0.4, 0.5) is 13.6 Å². The van der Waals surface area contributed by atoms with Gasteiger partial charge < -0.3 is 15.1 Å². The fourth-order valence-electron chi connectivity index (χ4n) is 4.49. The second kappa shape index (κ2) is 15.3. The van der Waals surface area contributed by atoms with Crippen molar-refractivity contribution in [1.29, 1.82) is 0 Å². The van der Waals surface area contributed by atoms with Crippen LogP contribution in [0.1, 0.15) is 61.4 Å². The number of amides is 3. The zero-order chi connectivity index (χ0) is 26.5. The maximum absolute atomic E-state index is 13.4. The second-order valence-corrected chi connectivity index (χ2v) is 9.69. The predicted octanol–water partition coefficient (Wildman–Crippen LogP) is 5.29. The number of halogens is 2. The van der Waals surface area contributed by atoms with Crippen LogP contribution in [0, 0.1) is 11.6 Å². The van der Waals surface area contributed by atoms with Crippen LogP contribution in [0.5, 0.6) is 0 Å². The molecule has 3 rings (SSSR count). The lowest BCUT2D eigenvalue weighted by atomic mass is 10.1. The van der Waals surface area contributed by atoms with Crippen molar-refractivity contribution in [3.8, 4) is 0 Å². The van der Waals surface area contributed by atoms with Gasteiger partial charge in [-0.15, -0.1) is 0 Å². The molecule has 1 heterocycles. The molecule has 202 valence electrons. The molecule has 0 radical (unpaired) electrons. The highest BCUT2D eigenvalue weighted by Gasteiger charge is 2.23. The SMILES string of the molecule is CCCCCCCCNC(=O)N(CCN1CCN(C(=O)c2ccc(F)cc2)CC1)Cc1ccc(F)cc1. The van der Waals surface area contributed by atoms with Crippen molar-refractivity contribution in [3.05, 3.63) is 71.3 Å². The van der Waals surface area contributed by atoms with Crippen molar-refractivity contribution in [2.45, 2.75) is 52.0 Å². The van der Waals surface area contributed by atoms with Crippen molar-refractivity contribution in [1.82, 2.24) is 20.0 Å². The molecule has 2 aromatic carbocycles. The summed E-state index contributed by atoms with van der Waals surface area (Å²) in [5.74, 6) is -0.745. The predicted molar refractivity (Wildman–Crippen MR) is 142 cm³/mol. The zero-order valence-corrected chi connectivity index (χ0v) is 21.9. The minimum atomic E-state index is -0.359. The van der Waals surface area contributed by atoms with Gasteiger partial charge in [0, 0.05) is 57.9 Å². The Morgan fingerprint density at radius 1 is 0.838 bits per heavy atom. The monoisotopic (exact) mass is 514 g/mol. The summed E-state index contributed by atoms with van der Waals surface area (Å²) in [4.78, 5) is 31.5. The Kier molecular flexibility index (Phi) is 11.8. The molecule has 6 nitrogen and oxygen atoms in total. The van der Waals surface area contributed by atoms with Gasteiger partial charge in [0.15, 0.2) is 0 Å². The number of hydrogen-bond acceptors (Lipinski definition) is 3. The van der Waals surface area contributed by atoms with Gasteiger partial charge in [-0.05, 0) is 48.4 Å². The van der Waals surface area contributed by atoms with Gasteiger partial charge in [0.1, 0.15) is 11.6 Å². The van der Waals surface area contributed by atoms with Crippen LogP contribution in [-0.4, -0.2) is 72.5 Å². The molecule has 37 heavy (non-hydrogen) atoms. The van der Waals surface area contributed by atoms with Gasteiger partial charge in [-0.1, -0.05) is 51.2 Å². The summed E-state index contributed by atoms with van der Waals surface area (Å²) < 4.78 is 26.5. The average Bonchev–Trinajstić information content (AvgIpc) is 2.92. The molecular formula is C29H40F2N4O2. The maximum atomic E-state index is 13.4. The smallest absolute Gasteiger partial charge is 0.317 e. The van der Waals surface area contributed by atoms with Crippen LogP contribution in [0.25, 0.3) is 0 Å². The van der Waals surface area contributed by atoms with Crippen LogP contribution in [0.2, 0.25) is 0 Å². The van der Waals surface area contributed by atoms with Crippen molar-refractivity contribution in [2.24, 2.45) is 0 Å². The molecule has 1 saturated heterocycles. The summed E-state index contributed by atoms with van der Waals surface area (Å²) in [5, 5.41) is 3.05. The van der Waals surface area contributed by atoms with Gasteiger partial charge in [0.25, 0.3) is 5.91 Å². The summed E-state index contributed by atoms with van der Waals surface area (Å²) in [7, 11) is 0. The number of piperazine rings is 1. The second-order valence-electron chi connectivity index (χ2n) is 9.69. The molecule has 1 fully saturated rings. The number of carbonyl (C=O) groups excluding carboxylic acids is 2. The highest BCUT2D eigenvalue weighted by atomic mass is 19.1. The molecule has 1 N–H and O–H groups in total. The minimum Gasteiger partial charge on any atom is -0.338 e. The van der Waals surface area contributed by atoms with E-state index in [0.29, 0.717) is 57.9 Å². The van der Waals surface area contributed by atoms with Crippen molar-refractivity contribution >= 4 is 11.9 Å². The van der Waals surface area contributed by atoms with Crippen LogP contribution in [0.15, 0.2) is 48.5 Å². The molecule has 3 amide bonds. The van der Waals surface area contributed by atoms with E-state index in [1.54, 1.807) is 21.9 Å². The minimum absolute atomic E-state index is 0.0911. The van der Waals surface area contributed by atoms with Crippen molar-refractivity contribution in [3.63, 3.8) is 0 Å². The topological polar surface area (TPSA) is 55.9 Å². The summed E-state index contributed by atoms with van der Waals surface area (Å²) in [6.45, 7) is 7.05. The van der Waals surface area contributed by atoms with E-state index in [1.807, 2.05) is 0 Å². The first-order chi connectivity index (χ1) is 18.0. The third kappa shape index (κ3) is 9.76. The van der Waals surface area contributed by atoms with Gasteiger partial charge in [-0.3, -0.25) is 9.69 Å². The zero-order valence-electron chi connectivity index (χ0n) is 21.9. The first kappa shape index (κ1) is 28.6. The van der Waals surface area contributed by atoms with E-state index in [4.69, 9.17) is 0 Å². The molecule has 0 bridgehead atoms. The van der Waals surface area contributed by atoms with Gasteiger partial charge >= 0.3 is 6.03 Å². The summed E-state index contributed by atoms with van der Waals surface area (Å²) in [6, 6.07) is 11.8. The van der Waals surface area contributed by atoms with Crippen LogP contribution < -0.4 is 5.32 Å². The number of urea groups is 1. The Morgan fingerprint density at radius 3 is 2.08 bits per heavy atom. The normalized spacial score (nSPS) is 14.0. The average molecular weight is 515 g/mol. The molecule has 2 aromatic rings. The molecule has 0 aromatic heterocycles. The van der Waals surface area contributed by atoms with Gasteiger partial charge in [-0.25, -0.2) is 13.6 Å². The Balaban J connectivity index is 1.47. The molecule has 1 aliphatic rings. The molecule has 0 unspecified atom stereocenters. The van der Waals surface area contributed by atoms with E-state index in [2.05, 4.69) is 17.1 Å². The fourth-order valence-corrected chi connectivity index (χ4v) is 4.49. The molecule has 1 aliphatic heterocycles. The summed E-state index contributed by atoms with van der Waals surface area (Å²) in [5.41, 5.74) is 1.37. The fraction of sp³-hybridized carbons (Fsp3) is 0.517. The van der Waals surface area contributed by atoms with E-state index in [0.717, 1.165) is 18.4 Å². The first-order valence-corrected chi connectivity index (χ1v) is 13.5. The van der Waals surface area contributed by atoms with E-state index in [1.165, 1.54) is 62.1 Å². The number of hydrogen-bond donors (Lipinski definition) is 1.